The van der Waals surface area contributed by atoms with Gasteiger partial charge in [0.25, 0.3) is 5.91 Å². The van der Waals surface area contributed by atoms with E-state index in [2.05, 4.69) is 22.3 Å². The second kappa shape index (κ2) is 9.07. The van der Waals surface area contributed by atoms with E-state index in [1.165, 1.54) is 23.8 Å². The van der Waals surface area contributed by atoms with Gasteiger partial charge in [-0.25, -0.2) is 8.42 Å². The van der Waals surface area contributed by atoms with Gasteiger partial charge in [-0.05, 0) is 43.1 Å². The largest absolute Gasteiger partial charge is 0.350 e. The number of hydrogen-bond acceptors (Lipinski definition) is 4. The lowest BCUT2D eigenvalue weighted by atomic mass is 10.0. The molecule has 150 valence electrons. The lowest BCUT2D eigenvalue weighted by Gasteiger charge is -2.36. The van der Waals surface area contributed by atoms with Crippen molar-refractivity contribution in [1.82, 2.24) is 10.2 Å². The number of carbonyl (C=O) groups excluding carboxylic acids is 1. The molecular weight excluding hydrogens is 396 g/mol. The Kier molecular flexibility index (Phi) is 6.75. The summed E-state index contributed by atoms with van der Waals surface area (Å²) in [7, 11) is -3.40. The van der Waals surface area contributed by atoms with Gasteiger partial charge in [0.15, 0.2) is 9.84 Å². The van der Waals surface area contributed by atoms with Gasteiger partial charge in [-0.1, -0.05) is 48.4 Å². The maximum Gasteiger partial charge on any atom is 0.252 e. The highest BCUT2D eigenvalue weighted by molar-refractivity contribution is 7.90. The van der Waals surface area contributed by atoms with Crippen LogP contribution >= 0.6 is 11.6 Å². The maximum atomic E-state index is 12.6. The number of rotatable bonds is 6. The van der Waals surface area contributed by atoms with Crippen molar-refractivity contribution in [3.05, 3.63) is 64.7 Å². The van der Waals surface area contributed by atoms with Crippen molar-refractivity contribution in [2.75, 3.05) is 19.3 Å². The van der Waals surface area contributed by atoms with E-state index >= 15 is 0 Å². The van der Waals surface area contributed by atoms with Gasteiger partial charge >= 0.3 is 0 Å². The molecule has 1 amide bonds. The van der Waals surface area contributed by atoms with Gasteiger partial charge < -0.3 is 5.32 Å². The fourth-order valence-electron chi connectivity index (χ4n) is 3.53. The van der Waals surface area contributed by atoms with E-state index in [1.54, 1.807) is 0 Å². The first-order valence-electron chi connectivity index (χ1n) is 9.40. The average Bonchev–Trinajstić information content (AvgIpc) is 2.67. The third kappa shape index (κ3) is 5.34. The van der Waals surface area contributed by atoms with Gasteiger partial charge in [0.2, 0.25) is 0 Å². The molecule has 0 spiro atoms. The zero-order valence-corrected chi connectivity index (χ0v) is 17.5. The van der Waals surface area contributed by atoms with Crippen LogP contribution in [0.2, 0.25) is 5.02 Å². The second-order valence-corrected chi connectivity index (χ2v) is 9.65. The third-order valence-corrected chi connectivity index (χ3v) is 6.53. The summed E-state index contributed by atoms with van der Waals surface area (Å²) in [6.07, 6.45) is 4.42. The van der Waals surface area contributed by atoms with Gasteiger partial charge in [-0.2, -0.15) is 0 Å². The number of nitrogens with zero attached hydrogens (tertiary/aromatic N) is 1. The van der Waals surface area contributed by atoms with E-state index in [-0.39, 0.29) is 27.4 Å². The predicted octanol–water partition coefficient (Wildman–Crippen LogP) is 3.53. The molecule has 1 saturated heterocycles. The van der Waals surface area contributed by atoms with Crippen molar-refractivity contribution in [3.63, 3.8) is 0 Å². The maximum absolute atomic E-state index is 12.6. The van der Waals surface area contributed by atoms with Gasteiger partial charge in [0, 0.05) is 25.4 Å². The lowest BCUT2D eigenvalue weighted by molar-refractivity contribution is 0.0907. The normalized spacial score (nSPS) is 18.0. The minimum atomic E-state index is -3.40. The summed E-state index contributed by atoms with van der Waals surface area (Å²) in [6, 6.07) is 14.8. The zero-order chi connectivity index (χ0) is 20.1. The first kappa shape index (κ1) is 20.8. The molecule has 1 atom stereocenters. The number of benzene rings is 2. The predicted molar refractivity (Wildman–Crippen MR) is 111 cm³/mol. The van der Waals surface area contributed by atoms with Gasteiger partial charge in [-0.15, -0.1) is 0 Å². The molecule has 2 aromatic rings. The van der Waals surface area contributed by atoms with Crippen LogP contribution in [0.4, 0.5) is 0 Å². The molecule has 1 fully saturated rings. The summed E-state index contributed by atoms with van der Waals surface area (Å²) in [6.45, 7) is 2.36. The molecule has 0 bridgehead atoms. The quantitative estimate of drug-likeness (QED) is 0.776. The minimum absolute atomic E-state index is 0.0884. The number of halogens is 1. The molecule has 0 saturated carbocycles. The van der Waals surface area contributed by atoms with Crippen LogP contribution in [0, 0.1) is 0 Å². The van der Waals surface area contributed by atoms with E-state index in [9.17, 15) is 13.2 Å². The van der Waals surface area contributed by atoms with Crippen molar-refractivity contribution in [2.45, 2.75) is 36.7 Å². The Hall–Kier alpha value is -1.89. The van der Waals surface area contributed by atoms with E-state index in [0.717, 1.165) is 38.6 Å². The first-order valence-corrected chi connectivity index (χ1v) is 11.7. The number of amides is 1. The van der Waals surface area contributed by atoms with E-state index in [0.29, 0.717) is 6.54 Å². The zero-order valence-electron chi connectivity index (χ0n) is 15.9. The van der Waals surface area contributed by atoms with Crippen molar-refractivity contribution in [1.29, 1.82) is 0 Å². The number of nitrogens with one attached hydrogen (secondary N) is 1. The monoisotopic (exact) mass is 420 g/mol. The molecule has 1 aliphatic heterocycles. The van der Waals surface area contributed by atoms with E-state index in [4.69, 9.17) is 11.6 Å². The fraction of sp³-hybridized carbons (Fsp3) is 0.381. The first-order chi connectivity index (χ1) is 13.3. The molecule has 0 aromatic heterocycles. The Morgan fingerprint density at radius 3 is 2.64 bits per heavy atom. The van der Waals surface area contributed by atoms with Crippen molar-refractivity contribution < 1.29 is 13.2 Å². The molecule has 28 heavy (non-hydrogen) atoms. The molecule has 1 heterocycles. The van der Waals surface area contributed by atoms with Crippen LogP contribution in [0.15, 0.2) is 53.4 Å². The molecule has 7 heteroatoms. The molecule has 1 N–H and O–H groups in total. The van der Waals surface area contributed by atoms with Crippen molar-refractivity contribution in [2.24, 2.45) is 0 Å². The fourth-order valence-corrected chi connectivity index (χ4v) is 4.38. The van der Waals surface area contributed by atoms with E-state index in [1.807, 2.05) is 18.2 Å². The van der Waals surface area contributed by atoms with Crippen LogP contribution in [0.25, 0.3) is 0 Å². The summed E-state index contributed by atoms with van der Waals surface area (Å²) in [5.74, 6) is -0.347. The minimum Gasteiger partial charge on any atom is -0.350 e. The van der Waals surface area contributed by atoms with Crippen LogP contribution in [-0.4, -0.2) is 44.6 Å². The van der Waals surface area contributed by atoms with Crippen molar-refractivity contribution in [3.8, 4) is 0 Å². The van der Waals surface area contributed by atoms with Crippen molar-refractivity contribution >= 4 is 27.3 Å². The topological polar surface area (TPSA) is 66.5 Å². The summed E-state index contributed by atoms with van der Waals surface area (Å²) >= 11 is 6.13. The van der Waals surface area contributed by atoms with E-state index < -0.39 is 9.84 Å². The smallest absolute Gasteiger partial charge is 0.252 e. The summed E-state index contributed by atoms with van der Waals surface area (Å²) in [5, 5.41) is 3.19. The Morgan fingerprint density at radius 2 is 1.93 bits per heavy atom. The molecular formula is C21H25ClN2O3S. The number of piperidine rings is 1. The van der Waals surface area contributed by atoms with Crippen LogP contribution in [0.1, 0.15) is 35.2 Å². The molecule has 1 unspecified atom stereocenters. The Bertz CT molecular complexity index is 932. The average molecular weight is 421 g/mol. The van der Waals surface area contributed by atoms with Gasteiger partial charge in [0.05, 0.1) is 15.5 Å². The van der Waals surface area contributed by atoms with Crippen LogP contribution in [0.3, 0.4) is 0 Å². The molecule has 2 aromatic carbocycles. The van der Waals surface area contributed by atoms with Gasteiger partial charge in [0.1, 0.15) is 0 Å². The standard InChI is InChI=1S/C21H25ClN2O3S/c1-28(26,27)18-10-11-20(22)19(13-18)21(25)23-14-17-9-5-6-12-24(17)15-16-7-3-2-4-8-16/h2-4,7-8,10-11,13,17H,5-6,9,12,14-15H2,1H3,(H,23,25). The highest BCUT2D eigenvalue weighted by atomic mass is 35.5. The summed E-state index contributed by atoms with van der Waals surface area (Å²) < 4.78 is 23.5. The second-order valence-electron chi connectivity index (χ2n) is 7.23. The highest BCUT2D eigenvalue weighted by Crippen LogP contribution is 2.22. The SMILES string of the molecule is CS(=O)(=O)c1ccc(Cl)c(C(=O)NCC2CCCCN2Cc2ccccc2)c1. The number of hydrogen-bond donors (Lipinski definition) is 1. The van der Waals surface area contributed by atoms with Crippen LogP contribution in [-0.2, 0) is 16.4 Å². The Balaban J connectivity index is 1.67. The molecule has 5 nitrogen and oxygen atoms in total. The highest BCUT2D eigenvalue weighted by Gasteiger charge is 2.24. The van der Waals surface area contributed by atoms with Crippen LogP contribution < -0.4 is 5.32 Å². The third-order valence-electron chi connectivity index (χ3n) is 5.09. The van der Waals surface area contributed by atoms with Gasteiger partial charge in [-0.3, -0.25) is 9.69 Å². The number of sulfone groups is 1. The molecule has 1 aliphatic rings. The Morgan fingerprint density at radius 1 is 1.18 bits per heavy atom. The lowest BCUT2D eigenvalue weighted by Crippen LogP contribution is -2.46. The molecule has 0 radical (unpaired) electrons. The summed E-state index contributed by atoms with van der Waals surface area (Å²) in [4.78, 5) is 15.1. The molecule has 0 aliphatic carbocycles. The number of carbonyl (C=O) groups is 1. The van der Waals surface area contributed by atoms with Crippen LogP contribution in [0.5, 0.6) is 0 Å². The number of likely N-dealkylation sites (tertiary alicyclic amines) is 1. The summed E-state index contributed by atoms with van der Waals surface area (Å²) in [5.41, 5.74) is 1.44. The Labute approximate surface area is 171 Å². The molecule has 3 rings (SSSR count).